The van der Waals surface area contributed by atoms with Crippen molar-refractivity contribution in [2.75, 3.05) is 0 Å². The first-order valence-corrected chi connectivity index (χ1v) is 8.36. The van der Waals surface area contributed by atoms with E-state index in [1.54, 1.807) is 0 Å². The topological polar surface area (TPSA) is 9.23 Å². The van der Waals surface area contributed by atoms with Gasteiger partial charge >= 0.3 is 0 Å². The number of benzene rings is 1. The Labute approximate surface area is 131 Å². The molecule has 2 atom stereocenters. The maximum absolute atomic E-state index is 6.47. The molecule has 1 aliphatic carbocycles. The fraction of sp³-hybridized carbons (Fsp3) is 0.500. The highest BCUT2D eigenvalue weighted by molar-refractivity contribution is 9.10. The van der Waals surface area contributed by atoms with Crippen LogP contribution in [-0.4, -0.2) is 10.4 Å². The molecule has 1 aliphatic heterocycles. The minimum atomic E-state index is -0.206. The van der Waals surface area contributed by atoms with Crippen LogP contribution in [0.25, 0.3) is 0 Å². The van der Waals surface area contributed by atoms with Crippen LogP contribution >= 0.6 is 31.9 Å². The van der Waals surface area contributed by atoms with Gasteiger partial charge in [0.1, 0.15) is 11.4 Å². The van der Waals surface area contributed by atoms with Crippen molar-refractivity contribution in [3.05, 3.63) is 39.9 Å². The third-order valence-corrected chi connectivity index (χ3v) is 6.85. The van der Waals surface area contributed by atoms with Crippen molar-refractivity contribution in [3.63, 3.8) is 0 Å². The zero-order chi connectivity index (χ0) is 13.8. The zero-order valence-electron chi connectivity index (χ0n) is 11.5. The van der Waals surface area contributed by atoms with Crippen LogP contribution in [0.2, 0.25) is 0 Å². The molecule has 0 N–H and O–H groups in total. The van der Waals surface area contributed by atoms with E-state index in [0.29, 0.717) is 4.83 Å². The van der Waals surface area contributed by atoms with Crippen LogP contribution < -0.4 is 4.74 Å². The number of ether oxygens (including phenoxy) is 1. The second-order valence-corrected chi connectivity index (χ2v) is 8.19. The molecule has 3 rings (SSSR count). The van der Waals surface area contributed by atoms with Crippen LogP contribution in [-0.2, 0) is 6.42 Å². The second kappa shape index (κ2) is 4.36. The molecule has 0 radical (unpaired) electrons. The molecule has 0 unspecified atom stereocenters. The van der Waals surface area contributed by atoms with Crippen molar-refractivity contribution in [1.29, 1.82) is 0 Å². The molecule has 0 bridgehead atoms. The van der Waals surface area contributed by atoms with Gasteiger partial charge in [0.2, 0.25) is 0 Å². The van der Waals surface area contributed by atoms with Crippen molar-refractivity contribution in [2.45, 2.75) is 44.0 Å². The van der Waals surface area contributed by atoms with E-state index in [0.717, 1.165) is 23.1 Å². The molecular weight excluding hydrogens is 368 g/mol. The molecule has 1 nitrogen and oxygen atoms in total. The summed E-state index contributed by atoms with van der Waals surface area (Å²) in [6.45, 7) is 6.83. The Morgan fingerprint density at radius 1 is 1.32 bits per heavy atom. The molecule has 0 aromatic heterocycles. The van der Waals surface area contributed by atoms with Gasteiger partial charge in [0.25, 0.3) is 0 Å². The highest BCUT2D eigenvalue weighted by Gasteiger charge is 2.56. The van der Waals surface area contributed by atoms with Crippen molar-refractivity contribution in [3.8, 4) is 5.75 Å². The van der Waals surface area contributed by atoms with Crippen LogP contribution in [0.1, 0.15) is 32.8 Å². The Morgan fingerprint density at radius 2 is 2.05 bits per heavy atom. The van der Waals surface area contributed by atoms with E-state index in [9.17, 15) is 0 Å². The number of hydrogen-bond acceptors (Lipinski definition) is 1. The highest BCUT2D eigenvalue weighted by atomic mass is 79.9. The predicted molar refractivity (Wildman–Crippen MR) is 86.1 cm³/mol. The van der Waals surface area contributed by atoms with Crippen LogP contribution in [0.3, 0.4) is 0 Å². The van der Waals surface area contributed by atoms with Gasteiger partial charge in [-0.1, -0.05) is 51.8 Å². The smallest absolute Gasteiger partial charge is 0.140 e. The minimum absolute atomic E-state index is 0.0668. The molecule has 0 fully saturated rings. The summed E-state index contributed by atoms with van der Waals surface area (Å²) in [7, 11) is 0. The standard InChI is InChI=1S/C16H18Br2O/c1-10-4-7-14(18)15(2,3)16(10)9-11-8-12(17)5-6-13(11)19-16/h4-6,8,14H,7,9H2,1-3H3/t14-,16-/m1/s1. The number of alkyl halides is 1. The van der Waals surface area contributed by atoms with Gasteiger partial charge in [0.15, 0.2) is 0 Å². The van der Waals surface area contributed by atoms with Gasteiger partial charge in [-0.15, -0.1) is 0 Å². The summed E-state index contributed by atoms with van der Waals surface area (Å²) >= 11 is 7.40. The summed E-state index contributed by atoms with van der Waals surface area (Å²) in [5.74, 6) is 1.03. The Hall–Kier alpha value is -0.280. The summed E-state index contributed by atoms with van der Waals surface area (Å²) in [4.78, 5) is 0.446. The van der Waals surface area contributed by atoms with Crippen molar-refractivity contribution in [1.82, 2.24) is 0 Å². The fourth-order valence-corrected chi connectivity index (χ4v) is 4.32. The van der Waals surface area contributed by atoms with Gasteiger partial charge < -0.3 is 4.74 Å². The molecule has 19 heavy (non-hydrogen) atoms. The van der Waals surface area contributed by atoms with Gasteiger partial charge in [0.05, 0.1) is 0 Å². The van der Waals surface area contributed by atoms with E-state index in [4.69, 9.17) is 4.74 Å². The molecule has 1 heterocycles. The van der Waals surface area contributed by atoms with Crippen molar-refractivity contribution < 1.29 is 4.74 Å². The maximum Gasteiger partial charge on any atom is 0.140 e. The van der Waals surface area contributed by atoms with Gasteiger partial charge in [-0.25, -0.2) is 0 Å². The Kier molecular flexibility index (Phi) is 3.14. The molecule has 3 heteroatoms. The Bertz CT molecular complexity index is 562. The lowest BCUT2D eigenvalue weighted by atomic mass is 9.63. The normalized spacial score (nSPS) is 31.8. The third-order valence-electron chi connectivity index (χ3n) is 4.84. The van der Waals surface area contributed by atoms with Crippen LogP contribution in [0.5, 0.6) is 5.75 Å². The van der Waals surface area contributed by atoms with Crippen molar-refractivity contribution >= 4 is 31.9 Å². The van der Waals surface area contributed by atoms with Gasteiger partial charge in [-0.2, -0.15) is 0 Å². The number of hydrogen-bond donors (Lipinski definition) is 0. The molecule has 2 aliphatic rings. The minimum Gasteiger partial charge on any atom is -0.482 e. The SMILES string of the molecule is CC1=CC[C@@H](Br)C(C)(C)[C@@]12Cc1cc(Br)ccc1O2. The molecule has 0 saturated heterocycles. The summed E-state index contributed by atoms with van der Waals surface area (Å²) in [6, 6.07) is 6.32. The van der Waals surface area contributed by atoms with E-state index >= 15 is 0 Å². The monoisotopic (exact) mass is 384 g/mol. The zero-order valence-corrected chi connectivity index (χ0v) is 14.6. The molecule has 1 aromatic carbocycles. The quantitative estimate of drug-likeness (QED) is 0.437. The molecule has 102 valence electrons. The lowest BCUT2D eigenvalue weighted by Crippen LogP contribution is -2.56. The van der Waals surface area contributed by atoms with E-state index in [1.165, 1.54) is 11.1 Å². The average molecular weight is 386 g/mol. The number of rotatable bonds is 0. The number of allylic oxidation sites excluding steroid dienone is 1. The highest BCUT2D eigenvalue weighted by Crippen LogP contribution is 2.55. The molecule has 1 spiro atoms. The van der Waals surface area contributed by atoms with Crippen LogP contribution in [0.4, 0.5) is 0 Å². The van der Waals surface area contributed by atoms with Crippen LogP contribution in [0.15, 0.2) is 34.3 Å². The van der Waals surface area contributed by atoms with E-state index in [-0.39, 0.29) is 11.0 Å². The van der Waals surface area contributed by atoms with E-state index in [2.05, 4.69) is 76.9 Å². The average Bonchev–Trinajstić information content (AvgIpc) is 2.73. The predicted octanol–water partition coefficient (Wildman–Crippen LogP) is 5.26. The summed E-state index contributed by atoms with van der Waals surface area (Å²) < 4.78 is 7.59. The molecule has 1 aromatic rings. The molecular formula is C16H18Br2O. The van der Waals surface area contributed by atoms with Crippen LogP contribution in [0, 0.1) is 5.41 Å². The summed E-state index contributed by atoms with van der Waals surface area (Å²) in [5, 5.41) is 0. The number of halogens is 2. The van der Waals surface area contributed by atoms with Gasteiger partial charge in [-0.05, 0) is 42.7 Å². The molecule has 0 saturated carbocycles. The molecule has 0 amide bonds. The largest absolute Gasteiger partial charge is 0.482 e. The Balaban J connectivity index is 2.11. The van der Waals surface area contributed by atoms with Gasteiger partial charge in [0, 0.05) is 21.1 Å². The first-order valence-electron chi connectivity index (χ1n) is 6.65. The Morgan fingerprint density at radius 3 is 2.79 bits per heavy atom. The van der Waals surface area contributed by atoms with E-state index < -0.39 is 0 Å². The first kappa shape index (κ1) is 13.7. The maximum atomic E-state index is 6.47. The van der Waals surface area contributed by atoms with Gasteiger partial charge in [-0.3, -0.25) is 0 Å². The number of fused-ring (bicyclic) bond motifs is 1. The fourth-order valence-electron chi connectivity index (χ4n) is 3.36. The first-order chi connectivity index (χ1) is 8.87. The lowest BCUT2D eigenvalue weighted by molar-refractivity contribution is 0.00163. The summed E-state index contributed by atoms with van der Waals surface area (Å²) in [5.41, 5.74) is 2.53. The van der Waals surface area contributed by atoms with E-state index in [1.807, 2.05) is 0 Å². The summed E-state index contributed by atoms with van der Waals surface area (Å²) in [6.07, 6.45) is 4.36. The second-order valence-electron chi connectivity index (χ2n) is 6.17. The third kappa shape index (κ3) is 1.84. The lowest BCUT2D eigenvalue weighted by Gasteiger charge is -2.49. The van der Waals surface area contributed by atoms with Crippen molar-refractivity contribution in [2.24, 2.45) is 5.41 Å².